The van der Waals surface area contributed by atoms with Crippen LogP contribution in [0, 0.1) is 5.92 Å². The van der Waals surface area contributed by atoms with Gasteiger partial charge in [-0.1, -0.05) is 31.0 Å². The highest BCUT2D eigenvalue weighted by Gasteiger charge is 2.25. The number of hydrogen-bond donors (Lipinski definition) is 0. The fraction of sp³-hybridized carbons (Fsp3) is 0.571. The highest BCUT2D eigenvalue weighted by atomic mass is 35.5. The minimum absolute atomic E-state index is 0.386. The summed E-state index contributed by atoms with van der Waals surface area (Å²) in [6.45, 7) is 2.25. The van der Waals surface area contributed by atoms with Crippen molar-refractivity contribution < 1.29 is 4.74 Å². The Morgan fingerprint density at radius 3 is 2.88 bits per heavy atom. The fourth-order valence-electron chi connectivity index (χ4n) is 2.51. The molecule has 88 valence electrons. The molecule has 0 aromatic heterocycles. The van der Waals surface area contributed by atoms with E-state index in [1.54, 1.807) is 0 Å². The van der Waals surface area contributed by atoms with E-state index in [4.69, 9.17) is 16.3 Å². The predicted molar refractivity (Wildman–Crippen MR) is 68.1 cm³/mol. The van der Waals surface area contributed by atoms with Crippen LogP contribution in [0.3, 0.4) is 0 Å². The molecule has 16 heavy (non-hydrogen) atoms. The maximum Gasteiger partial charge on any atom is 0.121 e. The molecule has 0 bridgehead atoms. The van der Waals surface area contributed by atoms with Crippen molar-refractivity contribution in [3.63, 3.8) is 0 Å². The average molecular weight is 239 g/mol. The Morgan fingerprint density at radius 1 is 1.31 bits per heavy atom. The van der Waals surface area contributed by atoms with Gasteiger partial charge in [-0.15, -0.1) is 0 Å². The topological polar surface area (TPSA) is 9.23 Å². The van der Waals surface area contributed by atoms with Gasteiger partial charge in [-0.05, 0) is 49.8 Å². The Kier molecular flexibility index (Phi) is 4.11. The monoisotopic (exact) mass is 238 g/mol. The Labute approximate surface area is 103 Å². The van der Waals surface area contributed by atoms with E-state index in [0.717, 1.165) is 10.8 Å². The van der Waals surface area contributed by atoms with E-state index >= 15 is 0 Å². The average Bonchev–Trinajstić information content (AvgIpc) is 2.30. The molecule has 1 fully saturated rings. The lowest BCUT2D eigenvalue weighted by atomic mass is 9.85. The standard InChI is InChI=1S/C14H19ClO/c1-2-11-6-3-4-9-14(11)16-13-8-5-7-12(15)10-13/h5,7-8,10-11,14H,2-4,6,9H2,1H3. The van der Waals surface area contributed by atoms with Crippen molar-refractivity contribution in [1.82, 2.24) is 0 Å². The second kappa shape index (κ2) is 5.58. The van der Waals surface area contributed by atoms with Crippen LogP contribution in [0.2, 0.25) is 5.02 Å². The predicted octanol–water partition coefficient (Wildman–Crippen LogP) is 4.69. The molecule has 1 nitrogen and oxygen atoms in total. The molecule has 2 heteroatoms. The minimum atomic E-state index is 0.386. The number of rotatable bonds is 3. The number of halogens is 1. The molecule has 0 amide bonds. The van der Waals surface area contributed by atoms with Gasteiger partial charge >= 0.3 is 0 Å². The van der Waals surface area contributed by atoms with Gasteiger partial charge in [0.05, 0.1) is 0 Å². The minimum Gasteiger partial charge on any atom is -0.490 e. The van der Waals surface area contributed by atoms with E-state index in [2.05, 4.69) is 6.92 Å². The van der Waals surface area contributed by atoms with Crippen LogP contribution in [0.25, 0.3) is 0 Å². The highest BCUT2D eigenvalue weighted by Crippen LogP contribution is 2.31. The number of benzene rings is 1. The fourth-order valence-corrected chi connectivity index (χ4v) is 2.69. The number of hydrogen-bond acceptors (Lipinski definition) is 1. The first kappa shape index (κ1) is 11.8. The van der Waals surface area contributed by atoms with Gasteiger partial charge in [0.15, 0.2) is 0 Å². The van der Waals surface area contributed by atoms with Crippen LogP contribution in [0.5, 0.6) is 5.75 Å². The molecular formula is C14H19ClO. The van der Waals surface area contributed by atoms with Crippen LogP contribution in [-0.4, -0.2) is 6.10 Å². The Balaban J connectivity index is 2.02. The summed E-state index contributed by atoms with van der Waals surface area (Å²) in [6, 6.07) is 7.73. The Hall–Kier alpha value is -0.690. The largest absolute Gasteiger partial charge is 0.490 e. The molecule has 1 saturated carbocycles. The molecule has 1 aliphatic rings. The lowest BCUT2D eigenvalue weighted by Gasteiger charge is -2.31. The Morgan fingerprint density at radius 2 is 2.12 bits per heavy atom. The van der Waals surface area contributed by atoms with Crippen LogP contribution >= 0.6 is 11.6 Å². The third-order valence-corrected chi connectivity index (χ3v) is 3.68. The van der Waals surface area contributed by atoms with E-state index in [1.165, 1.54) is 32.1 Å². The highest BCUT2D eigenvalue weighted by molar-refractivity contribution is 6.30. The van der Waals surface area contributed by atoms with Crippen molar-refractivity contribution in [3.8, 4) is 5.75 Å². The molecule has 1 aromatic rings. The van der Waals surface area contributed by atoms with Crippen LogP contribution in [-0.2, 0) is 0 Å². The summed E-state index contributed by atoms with van der Waals surface area (Å²) < 4.78 is 6.06. The summed E-state index contributed by atoms with van der Waals surface area (Å²) in [5.74, 6) is 1.63. The molecule has 0 N–H and O–H groups in total. The second-order valence-corrected chi connectivity index (χ2v) is 5.00. The normalized spacial score (nSPS) is 25.4. The van der Waals surface area contributed by atoms with Crippen molar-refractivity contribution in [3.05, 3.63) is 29.3 Å². The van der Waals surface area contributed by atoms with Gasteiger partial charge in [-0.2, -0.15) is 0 Å². The summed E-state index contributed by atoms with van der Waals surface area (Å²) in [5.41, 5.74) is 0. The van der Waals surface area contributed by atoms with Gasteiger partial charge in [0.2, 0.25) is 0 Å². The smallest absolute Gasteiger partial charge is 0.121 e. The molecule has 0 saturated heterocycles. The van der Waals surface area contributed by atoms with Gasteiger partial charge in [-0.3, -0.25) is 0 Å². The molecule has 1 aromatic carbocycles. The number of ether oxygens (including phenoxy) is 1. The van der Waals surface area contributed by atoms with E-state index in [9.17, 15) is 0 Å². The first-order chi connectivity index (χ1) is 7.79. The molecule has 2 unspecified atom stereocenters. The van der Waals surface area contributed by atoms with E-state index in [0.29, 0.717) is 12.0 Å². The van der Waals surface area contributed by atoms with Crippen molar-refractivity contribution in [2.75, 3.05) is 0 Å². The summed E-state index contributed by atoms with van der Waals surface area (Å²) in [5, 5.41) is 0.751. The van der Waals surface area contributed by atoms with Crippen molar-refractivity contribution in [2.24, 2.45) is 5.92 Å². The maximum atomic E-state index is 6.06. The molecule has 2 rings (SSSR count). The van der Waals surface area contributed by atoms with Gasteiger partial charge in [-0.25, -0.2) is 0 Å². The van der Waals surface area contributed by atoms with Crippen LogP contribution < -0.4 is 4.74 Å². The summed E-state index contributed by atoms with van der Waals surface area (Å²) >= 11 is 5.95. The maximum absolute atomic E-state index is 6.06. The first-order valence-corrected chi connectivity index (χ1v) is 6.59. The molecular weight excluding hydrogens is 220 g/mol. The van der Waals surface area contributed by atoms with E-state index < -0.39 is 0 Å². The van der Waals surface area contributed by atoms with Crippen molar-refractivity contribution in [1.29, 1.82) is 0 Å². The third kappa shape index (κ3) is 2.91. The molecule has 0 heterocycles. The van der Waals surface area contributed by atoms with E-state index in [-0.39, 0.29) is 0 Å². The van der Waals surface area contributed by atoms with Crippen molar-refractivity contribution in [2.45, 2.75) is 45.1 Å². The zero-order valence-electron chi connectivity index (χ0n) is 9.79. The zero-order valence-corrected chi connectivity index (χ0v) is 10.5. The van der Waals surface area contributed by atoms with Crippen LogP contribution in [0.1, 0.15) is 39.0 Å². The molecule has 0 radical (unpaired) electrons. The lowest BCUT2D eigenvalue weighted by molar-refractivity contribution is 0.0904. The zero-order chi connectivity index (χ0) is 11.4. The lowest BCUT2D eigenvalue weighted by Crippen LogP contribution is -2.29. The van der Waals surface area contributed by atoms with Gasteiger partial charge in [0.25, 0.3) is 0 Å². The summed E-state index contributed by atoms with van der Waals surface area (Å²) in [6.07, 6.45) is 6.74. The van der Waals surface area contributed by atoms with Crippen LogP contribution in [0.15, 0.2) is 24.3 Å². The Bertz CT molecular complexity index is 337. The van der Waals surface area contributed by atoms with Gasteiger partial charge in [0, 0.05) is 5.02 Å². The molecule has 0 aliphatic heterocycles. The SMILES string of the molecule is CCC1CCCCC1Oc1cccc(Cl)c1. The first-order valence-electron chi connectivity index (χ1n) is 6.22. The van der Waals surface area contributed by atoms with Gasteiger partial charge in [0.1, 0.15) is 11.9 Å². The van der Waals surface area contributed by atoms with Crippen molar-refractivity contribution >= 4 is 11.6 Å². The molecule has 1 aliphatic carbocycles. The third-order valence-electron chi connectivity index (χ3n) is 3.45. The summed E-state index contributed by atoms with van der Waals surface area (Å²) in [7, 11) is 0. The van der Waals surface area contributed by atoms with Crippen LogP contribution in [0.4, 0.5) is 0 Å². The molecule has 2 atom stereocenters. The van der Waals surface area contributed by atoms with Gasteiger partial charge < -0.3 is 4.74 Å². The quantitative estimate of drug-likeness (QED) is 0.743. The van der Waals surface area contributed by atoms with E-state index in [1.807, 2.05) is 24.3 Å². The molecule has 0 spiro atoms. The summed E-state index contributed by atoms with van der Waals surface area (Å²) in [4.78, 5) is 0. The second-order valence-electron chi connectivity index (χ2n) is 4.57.